The second-order valence-corrected chi connectivity index (χ2v) is 16.9. The Morgan fingerprint density at radius 2 is 0.549 bits per heavy atom. The van der Waals surface area contributed by atoms with Crippen molar-refractivity contribution in [3.05, 3.63) is 31.9 Å². The van der Waals surface area contributed by atoms with Gasteiger partial charge in [0.2, 0.25) is 0 Å². The van der Waals surface area contributed by atoms with Gasteiger partial charge in [0.1, 0.15) is 0 Å². The molecular formula is C28H52F12N8P2Ru. The summed E-state index contributed by atoms with van der Waals surface area (Å²) in [5, 5.41) is 34.3. The molecule has 0 saturated carbocycles. The van der Waals surface area contributed by atoms with E-state index in [1.54, 1.807) is 0 Å². The van der Waals surface area contributed by atoms with Gasteiger partial charge in [-0.25, -0.2) is 0 Å². The number of rotatable bonds is 3. The maximum absolute atomic E-state index is 10.7. The monoisotopic (exact) mass is 892 g/mol. The average Bonchev–Trinajstić information content (AvgIpc) is 3.05. The SMILES string of the molecule is C1CCC(C2CCCC[N-]2)[N-]C1.C1CCC(C2CCCC[N-]2)[N-]C1.C1C[N-]C(C2[N-]CCCN2)NC1.F[P-](F)(F)(F)(F)F.F[P-](F)(F)(F)(F)F.[Ru+8]. The third-order valence-electron chi connectivity index (χ3n) is 8.30. The molecule has 0 amide bonds. The van der Waals surface area contributed by atoms with Crippen LogP contribution in [0.3, 0.4) is 0 Å². The maximum Gasteiger partial charge on any atom is 8.00 e. The number of hydrogen-bond donors (Lipinski definition) is 2. The molecule has 6 heterocycles. The van der Waals surface area contributed by atoms with E-state index in [4.69, 9.17) is 0 Å². The van der Waals surface area contributed by atoms with Gasteiger partial charge in [0, 0.05) is 0 Å². The number of nitrogens with one attached hydrogen (secondary N) is 2. The first-order valence-electron chi connectivity index (χ1n) is 17.4. The number of nitrogens with zero attached hydrogens (tertiary/aromatic N) is 6. The molecule has 23 heteroatoms. The van der Waals surface area contributed by atoms with Gasteiger partial charge < -0.3 is 42.5 Å². The summed E-state index contributed by atoms with van der Waals surface area (Å²) in [7, 11) is -21.3. The average molecular weight is 892 g/mol. The minimum absolute atomic E-state index is 0. The van der Waals surface area contributed by atoms with Crippen molar-refractivity contribution in [3.8, 4) is 0 Å². The van der Waals surface area contributed by atoms with Crippen molar-refractivity contribution in [2.24, 2.45) is 0 Å². The Bertz CT molecular complexity index is 759. The third kappa shape index (κ3) is 32.3. The predicted molar refractivity (Wildman–Crippen MR) is 180 cm³/mol. The van der Waals surface area contributed by atoms with Crippen LogP contribution in [0.5, 0.6) is 0 Å². The summed E-state index contributed by atoms with van der Waals surface area (Å²) in [5.74, 6) is 0. The summed E-state index contributed by atoms with van der Waals surface area (Å²) in [5.41, 5.74) is 0. The molecule has 6 atom stereocenters. The van der Waals surface area contributed by atoms with Gasteiger partial charge in [0.25, 0.3) is 0 Å². The molecule has 6 rings (SSSR count). The van der Waals surface area contributed by atoms with E-state index >= 15 is 0 Å². The van der Waals surface area contributed by atoms with Crippen LogP contribution in [-0.2, 0) is 19.5 Å². The van der Waals surface area contributed by atoms with E-state index in [0.717, 1.165) is 52.4 Å². The van der Waals surface area contributed by atoms with E-state index in [0.29, 0.717) is 24.2 Å². The molecule has 306 valence electrons. The fourth-order valence-corrected chi connectivity index (χ4v) is 6.18. The molecule has 8 nitrogen and oxygen atoms in total. The summed E-state index contributed by atoms with van der Waals surface area (Å²) in [6.07, 6.45) is 18.7. The molecular weight excluding hydrogens is 839 g/mol. The van der Waals surface area contributed by atoms with Gasteiger partial charge in [-0.15, -0.1) is 39.3 Å². The molecule has 0 aromatic heterocycles. The summed E-state index contributed by atoms with van der Waals surface area (Å²) in [4.78, 5) is 0. The maximum atomic E-state index is 9.87. The molecule has 0 aromatic rings. The van der Waals surface area contributed by atoms with Gasteiger partial charge in [-0.05, 0) is 13.1 Å². The van der Waals surface area contributed by atoms with Crippen LogP contribution in [0.4, 0.5) is 50.4 Å². The van der Waals surface area contributed by atoms with Crippen LogP contribution in [0.2, 0.25) is 0 Å². The van der Waals surface area contributed by atoms with Gasteiger partial charge in [0.15, 0.2) is 0 Å². The van der Waals surface area contributed by atoms with Crippen LogP contribution in [0.25, 0.3) is 31.9 Å². The van der Waals surface area contributed by atoms with Crippen molar-refractivity contribution >= 4 is 15.6 Å². The van der Waals surface area contributed by atoms with Gasteiger partial charge in [0.05, 0.1) is 0 Å². The van der Waals surface area contributed by atoms with Crippen LogP contribution in [0.1, 0.15) is 89.9 Å². The fraction of sp³-hybridized carbons (Fsp3) is 1.00. The summed E-state index contributed by atoms with van der Waals surface area (Å²) < 4.78 is 118. The van der Waals surface area contributed by atoms with Gasteiger partial charge in [-0.3, -0.25) is 0 Å². The smallest absolute Gasteiger partial charge is 8.00 e. The molecule has 6 fully saturated rings. The molecule has 6 saturated heterocycles. The Morgan fingerprint density at radius 3 is 0.706 bits per heavy atom. The normalized spacial score (nSPS) is 33.2. The molecule has 2 N–H and O–H groups in total. The van der Waals surface area contributed by atoms with Crippen molar-refractivity contribution < 1.29 is 69.8 Å². The van der Waals surface area contributed by atoms with Crippen LogP contribution in [-0.4, -0.2) is 88.9 Å². The zero-order valence-corrected chi connectivity index (χ0v) is 32.0. The largest absolute Gasteiger partial charge is 8.00 e. The second kappa shape index (κ2) is 20.0. The van der Waals surface area contributed by atoms with E-state index < -0.39 is 15.6 Å². The van der Waals surface area contributed by atoms with Gasteiger partial charge in [-0.2, -0.15) is 24.2 Å². The van der Waals surface area contributed by atoms with Crippen LogP contribution in [0, 0.1) is 0 Å². The first kappa shape index (κ1) is 49.3. The van der Waals surface area contributed by atoms with Gasteiger partial charge in [-0.1, -0.05) is 102 Å². The summed E-state index contributed by atoms with van der Waals surface area (Å²) in [6, 6.07) is 2.39. The minimum atomic E-state index is -10.7. The molecule has 6 aliphatic heterocycles. The van der Waals surface area contributed by atoms with Crippen molar-refractivity contribution in [1.29, 1.82) is 0 Å². The van der Waals surface area contributed by atoms with Gasteiger partial charge >= 0.3 is 85.5 Å². The van der Waals surface area contributed by atoms with Crippen LogP contribution < -0.4 is 10.6 Å². The number of piperidine rings is 4. The molecule has 6 aliphatic rings. The molecule has 6 unspecified atom stereocenters. The Balaban J connectivity index is 0.000000325. The quantitative estimate of drug-likeness (QED) is 0.167. The van der Waals surface area contributed by atoms with E-state index in [-0.39, 0.29) is 31.8 Å². The van der Waals surface area contributed by atoms with E-state index in [1.165, 1.54) is 89.9 Å². The van der Waals surface area contributed by atoms with E-state index in [2.05, 4.69) is 42.5 Å². The fourth-order valence-electron chi connectivity index (χ4n) is 6.18. The Kier molecular flexibility index (Phi) is 19.3. The first-order chi connectivity index (χ1) is 22.8. The van der Waals surface area contributed by atoms with Crippen LogP contribution in [0.15, 0.2) is 0 Å². The van der Waals surface area contributed by atoms with Crippen molar-refractivity contribution in [3.63, 3.8) is 0 Å². The number of hydrogen-bond acceptors (Lipinski definition) is 2. The molecule has 0 spiro atoms. The third-order valence-corrected chi connectivity index (χ3v) is 8.30. The second-order valence-electron chi connectivity index (χ2n) is 13.1. The molecule has 0 aromatic carbocycles. The van der Waals surface area contributed by atoms with E-state index in [9.17, 15) is 50.4 Å². The zero-order chi connectivity index (χ0) is 37.5. The molecule has 0 bridgehead atoms. The van der Waals surface area contributed by atoms with Crippen molar-refractivity contribution in [2.75, 3.05) is 52.4 Å². The molecule has 0 radical (unpaired) electrons. The first-order valence-corrected chi connectivity index (χ1v) is 21.4. The van der Waals surface area contributed by atoms with E-state index in [1.807, 2.05) is 0 Å². The van der Waals surface area contributed by atoms with Crippen molar-refractivity contribution in [2.45, 2.75) is 126 Å². The zero-order valence-electron chi connectivity index (χ0n) is 28.5. The minimum Gasteiger partial charge on any atom is 8.00 e. The number of halogens is 12. The Morgan fingerprint density at radius 1 is 0.333 bits per heavy atom. The Labute approximate surface area is 306 Å². The van der Waals surface area contributed by atoms with Crippen molar-refractivity contribution in [1.82, 2.24) is 10.6 Å². The predicted octanol–water partition coefficient (Wildman–Crippen LogP) is 12.8. The summed E-state index contributed by atoms with van der Waals surface area (Å²) in [6.45, 7) is 8.53. The molecule has 51 heavy (non-hydrogen) atoms. The summed E-state index contributed by atoms with van der Waals surface area (Å²) >= 11 is 0. The topological polar surface area (TPSA) is 109 Å². The molecule has 0 aliphatic carbocycles. The standard InChI is InChI=1S/2C10H18N2.C8H16N4.2F6P.Ru/c2*1-3-7-11-9(5-1)10-6-2-4-8-12-10;1-3-9-7(10-4-1)8-11-5-2-6-12-8;2*1-7(2,3,4,5)6;/h2*9-10H,1-8H2;7-9,11H,1-6H2;;;/q3*-2;2*-1;+8. The van der Waals surface area contributed by atoms with Crippen LogP contribution >= 0.6 is 15.6 Å². The Hall–Kier alpha value is 0.323.